The van der Waals surface area contributed by atoms with E-state index >= 15 is 0 Å². The van der Waals surface area contributed by atoms with Crippen LogP contribution < -0.4 is 4.90 Å². The van der Waals surface area contributed by atoms with E-state index in [1.54, 1.807) is 0 Å². The Hall–Kier alpha value is -1.48. The van der Waals surface area contributed by atoms with E-state index in [2.05, 4.69) is 4.98 Å². The Balaban J connectivity index is 2.79. The standard InChI is InChI=1S/C10H9ClF3N3/c1-17(3-2-10(12,13)14)9-5-7(6-15)4-8(11)16-9/h4-5H,2-3H2,1H3. The molecular formula is C10H9ClF3N3. The predicted molar refractivity (Wildman–Crippen MR) is 57.9 cm³/mol. The zero-order valence-electron chi connectivity index (χ0n) is 8.92. The van der Waals surface area contributed by atoms with Gasteiger partial charge < -0.3 is 4.90 Å². The van der Waals surface area contributed by atoms with Crippen molar-refractivity contribution in [2.24, 2.45) is 0 Å². The Labute approximate surface area is 101 Å². The van der Waals surface area contributed by atoms with Gasteiger partial charge >= 0.3 is 6.18 Å². The van der Waals surface area contributed by atoms with Gasteiger partial charge in [-0.2, -0.15) is 18.4 Å². The number of aromatic nitrogens is 1. The predicted octanol–water partition coefficient (Wildman–Crippen LogP) is 3.00. The van der Waals surface area contributed by atoms with Crippen LogP contribution in [0.3, 0.4) is 0 Å². The van der Waals surface area contributed by atoms with Crippen molar-refractivity contribution in [3.8, 4) is 6.07 Å². The number of pyridine rings is 1. The van der Waals surface area contributed by atoms with Crippen LogP contribution in [0.2, 0.25) is 5.15 Å². The molecule has 1 rings (SSSR count). The molecule has 7 heteroatoms. The molecule has 1 aromatic heterocycles. The molecule has 92 valence electrons. The summed E-state index contributed by atoms with van der Waals surface area (Å²) in [6.45, 7) is -0.234. The number of hydrogen-bond donors (Lipinski definition) is 0. The zero-order chi connectivity index (χ0) is 13.1. The highest BCUT2D eigenvalue weighted by Crippen LogP contribution is 2.22. The van der Waals surface area contributed by atoms with E-state index in [0.29, 0.717) is 0 Å². The quantitative estimate of drug-likeness (QED) is 0.787. The van der Waals surface area contributed by atoms with Crippen LogP contribution in [0.25, 0.3) is 0 Å². The number of hydrogen-bond acceptors (Lipinski definition) is 3. The highest BCUT2D eigenvalue weighted by Gasteiger charge is 2.27. The molecule has 0 unspecified atom stereocenters. The van der Waals surface area contributed by atoms with E-state index in [1.165, 1.54) is 24.1 Å². The van der Waals surface area contributed by atoms with Crippen molar-refractivity contribution in [2.75, 3.05) is 18.5 Å². The van der Waals surface area contributed by atoms with E-state index in [0.717, 1.165) is 0 Å². The fourth-order valence-corrected chi connectivity index (χ4v) is 1.36. The summed E-state index contributed by atoms with van der Waals surface area (Å²) in [7, 11) is 1.46. The lowest BCUT2D eigenvalue weighted by Gasteiger charge is -2.19. The molecule has 0 aromatic carbocycles. The molecule has 1 aromatic rings. The van der Waals surface area contributed by atoms with Gasteiger partial charge in [0, 0.05) is 13.6 Å². The molecule has 0 bridgehead atoms. The van der Waals surface area contributed by atoms with Gasteiger partial charge in [0.1, 0.15) is 11.0 Å². The molecule has 0 aliphatic carbocycles. The summed E-state index contributed by atoms with van der Waals surface area (Å²) in [6, 6.07) is 4.60. The van der Waals surface area contributed by atoms with Crippen LogP contribution in [0.1, 0.15) is 12.0 Å². The molecule has 0 N–H and O–H groups in total. The lowest BCUT2D eigenvalue weighted by Crippen LogP contribution is -2.24. The third-order valence-electron chi connectivity index (χ3n) is 2.03. The van der Waals surface area contributed by atoms with Gasteiger partial charge in [-0.3, -0.25) is 0 Å². The van der Waals surface area contributed by atoms with E-state index in [9.17, 15) is 13.2 Å². The topological polar surface area (TPSA) is 39.9 Å². The fourth-order valence-electron chi connectivity index (χ4n) is 1.15. The van der Waals surface area contributed by atoms with Crippen LogP contribution in [0.15, 0.2) is 12.1 Å². The van der Waals surface area contributed by atoms with Gasteiger partial charge in [-0.15, -0.1) is 0 Å². The fraction of sp³-hybridized carbons (Fsp3) is 0.400. The Bertz CT molecular complexity index is 439. The van der Waals surface area contributed by atoms with Crippen molar-refractivity contribution in [3.05, 3.63) is 22.8 Å². The van der Waals surface area contributed by atoms with Crippen molar-refractivity contribution in [2.45, 2.75) is 12.6 Å². The summed E-state index contributed by atoms with van der Waals surface area (Å²) in [5, 5.41) is 8.77. The van der Waals surface area contributed by atoms with Gasteiger partial charge in [0.05, 0.1) is 18.1 Å². The average Bonchev–Trinajstić information content (AvgIpc) is 2.23. The van der Waals surface area contributed by atoms with E-state index < -0.39 is 12.6 Å². The molecule has 0 radical (unpaired) electrons. The van der Waals surface area contributed by atoms with Crippen LogP contribution in [0.4, 0.5) is 19.0 Å². The lowest BCUT2D eigenvalue weighted by atomic mass is 10.3. The number of nitriles is 1. The number of anilines is 1. The number of halogens is 4. The molecule has 1 heterocycles. The van der Waals surface area contributed by atoms with Crippen molar-refractivity contribution in [1.29, 1.82) is 5.26 Å². The van der Waals surface area contributed by atoms with E-state index in [-0.39, 0.29) is 23.1 Å². The molecule has 0 atom stereocenters. The Morgan fingerprint density at radius 1 is 1.47 bits per heavy atom. The first-order valence-electron chi connectivity index (χ1n) is 4.67. The third kappa shape index (κ3) is 4.49. The average molecular weight is 264 g/mol. The van der Waals surface area contributed by atoms with Crippen molar-refractivity contribution >= 4 is 17.4 Å². The zero-order valence-corrected chi connectivity index (χ0v) is 9.68. The third-order valence-corrected chi connectivity index (χ3v) is 2.23. The maximum absolute atomic E-state index is 12.0. The van der Waals surface area contributed by atoms with Crippen molar-refractivity contribution in [1.82, 2.24) is 4.98 Å². The van der Waals surface area contributed by atoms with Gasteiger partial charge in [0.15, 0.2) is 0 Å². The first kappa shape index (κ1) is 13.6. The number of rotatable bonds is 3. The van der Waals surface area contributed by atoms with Crippen molar-refractivity contribution < 1.29 is 13.2 Å². The summed E-state index contributed by atoms with van der Waals surface area (Å²) < 4.78 is 36.1. The van der Waals surface area contributed by atoms with Crippen LogP contribution in [0.5, 0.6) is 0 Å². The molecule has 0 spiro atoms. The molecule has 0 aliphatic heterocycles. The molecule has 0 saturated heterocycles. The lowest BCUT2D eigenvalue weighted by molar-refractivity contribution is -0.132. The smallest absolute Gasteiger partial charge is 0.359 e. The van der Waals surface area contributed by atoms with Gasteiger partial charge in [-0.05, 0) is 12.1 Å². The minimum absolute atomic E-state index is 0.0814. The number of nitrogens with zero attached hydrogens (tertiary/aromatic N) is 3. The minimum Gasteiger partial charge on any atom is -0.359 e. The van der Waals surface area contributed by atoms with Crippen LogP contribution in [-0.2, 0) is 0 Å². The summed E-state index contributed by atoms with van der Waals surface area (Å²) in [6.07, 6.45) is -5.16. The molecule has 17 heavy (non-hydrogen) atoms. The van der Waals surface area contributed by atoms with E-state index in [1.807, 2.05) is 6.07 Å². The second kappa shape index (κ2) is 5.23. The molecular weight excluding hydrogens is 255 g/mol. The number of alkyl halides is 3. The molecule has 0 amide bonds. The molecule has 0 aliphatic rings. The van der Waals surface area contributed by atoms with Crippen LogP contribution in [-0.4, -0.2) is 24.8 Å². The van der Waals surface area contributed by atoms with Gasteiger partial charge in [-0.1, -0.05) is 11.6 Å². The maximum Gasteiger partial charge on any atom is 0.390 e. The monoisotopic (exact) mass is 263 g/mol. The Morgan fingerprint density at radius 2 is 2.12 bits per heavy atom. The SMILES string of the molecule is CN(CCC(F)(F)F)c1cc(C#N)cc(Cl)n1. The van der Waals surface area contributed by atoms with Gasteiger partial charge in [-0.25, -0.2) is 4.98 Å². The molecule has 0 fully saturated rings. The van der Waals surface area contributed by atoms with Crippen LogP contribution in [0, 0.1) is 11.3 Å². The summed E-state index contributed by atoms with van der Waals surface area (Å²) in [5.41, 5.74) is 0.263. The van der Waals surface area contributed by atoms with E-state index in [4.69, 9.17) is 16.9 Å². The Kier molecular flexibility index (Phi) is 4.18. The van der Waals surface area contributed by atoms with Crippen molar-refractivity contribution in [3.63, 3.8) is 0 Å². The molecule has 3 nitrogen and oxygen atoms in total. The highest BCUT2D eigenvalue weighted by atomic mass is 35.5. The Morgan fingerprint density at radius 3 is 2.65 bits per heavy atom. The van der Waals surface area contributed by atoms with Gasteiger partial charge in [0.2, 0.25) is 0 Å². The van der Waals surface area contributed by atoms with Crippen LogP contribution >= 0.6 is 11.6 Å². The first-order chi connectivity index (χ1) is 7.81. The highest BCUT2D eigenvalue weighted by molar-refractivity contribution is 6.29. The summed E-state index contributed by atoms with van der Waals surface area (Å²) in [5.74, 6) is 0.248. The largest absolute Gasteiger partial charge is 0.390 e. The normalized spacial score (nSPS) is 11.1. The van der Waals surface area contributed by atoms with Gasteiger partial charge in [0.25, 0.3) is 0 Å². The maximum atomic E-state index is 12.0. The minimum atomic E-state index is -4.22. The molecule has 0 saturated carbocycles. The summed E-state index contributed by atoms with van der Waals surface area (Å²) in [4.78, 5) is 5.16. The second-order valence-electron chi connectivity index (χ2n) is 3.44. The first-order valence-corrected chi connectivity index (χ1v) is 5.05. The second-order valence-corrected chi connectivity index (χ2v) is 3.82. The summed E-state index contributed by atoms with van der Waals surface area (Å²) >= 11 is 5.65.